The van der Waals surface area contributed by atoms with Crippen LogP contribution in [0, 0.1) is 0 Å². The third-order valence-electron chi connectivity index (χ3n) is 5.43. The number of esters is 1. The molecule has 1 unspecified atom stereocenters. The Hall–Kier alpha value is -2.80. The maximum atomic E-state index is 13.0. The van der Waals surface area contributed by atoms with Crippen LogP contribution in [-0.2, 0) is 9.53 Å². The number of fused-ring (bicyclic) bond motifs is 3. The van der Waals surface area contributed by atoms with Gasteiger partial charge in [-0.2, -0.15) is 0 Å². The molecule has 162 valence electrons. The van der Waals surface area contributed by atoms with Gasteiger partial charge in [-0.25, -0.2) is 0 Å². The van der Waals surface area contributed by atoms with Crippen LogP contribution in [0.3, 0.4) is 0 Å². The normalized spacial score (nSPS) is 20.9. The van der Waals surface area contributed by atoms with Crippen molar-refractivity contribution >= 4 is 40.1 Å². The number of amidine groups is 1. The lowest BCUT2D eigenvalue weighted by atomic mass is 9.90. The van der Waals surface area contributed by atoms with Crippen LogP contribution < -0.4 is 10.2 Å². The Bertz CT molecular complexity index is 1050. The van der Waals surface area contributed by atoms with E-state index in [4.69, 9.17) is 9.73 Å². The second-order valence-corrected chi connectivity index (χ2v) is 9.58. The summed E-state index contributed by atoms with van der Waals surface area (Å²) in [6.45, 7) is 8.47. The van der Waals surface area contributed by atoms with E-state index >= 15 is 0 Å². The van der Waals surface area contributed by atoms with Gasteiger partial charge < -0.3 is 10.1 Å². The molecule has 0 radical (unpaired) electrons. The molecule has 0 fully saturated rings. The number of ketones is 1. The number of carbonyl (C=O) groups is 2. The van der Waals surface area contributed by atoms with Crippen molar-refractivity contribution < 1.29 is 14.3 Å². The van der Waals surface area contributed by atoms with Gasteiger partial charge in [0.05, 0.1) is 29.3 Å². The van der Waals surface area contributed by atoms with Gasteiger partial charge in [0.15, 0.2) is 11.0 Å². The highest BCUT2D eigenvalue weighted by atomic mass is 32.2. The fraction of sp³-hybridized carbons (Fsp3) is 0.375. The maximum absolute atomic E-state index is 13.0. The Labute approximate surface area is 187 Å². The van der Waals surface area contributed by atoms with Gasteiger partial charge in [0.2, 0.25) is 0 Å². The van der Waals surface area contributed by atoms with Gasteiger partial charge in [-0.3, -0.25) is 19.5 Å². The first-order valence-electron chi connectivity index (χ1n) is 10.4. The van der Waals surface area contributed by atoms with Gasteiger partial charge in [-0.15, -0.1) is 0 Å². The average molecular weight is 438 g/mol. The first-order chi connectivity index (χ1) is 14.7. The molecule has 0 bridgehead atoms. The van der Waals surface area contributed by atoms with Crippen molar-refractivity contribution in [2.75, 3.05) is 22.6 Å². The first kappa shape index (κ1) is 21.4. The Morgan fingerprint density at radius 1 is 1.13 bits per heavy atom. The van der Waals surface area contributed by atoms with Gasteiger partial charge in [0, 0.05) is 17.5 Å². The van der Waals surface area contributed by atoms with Crippen molar-refractivity contribution in [2.24, 2.45) is 4.99 Å². The van der Waals surface area contributed by atoms with Crippen LogP contribution in [0.15, 0.2) is 53.5 Å². The molecule has 2 aromatic carbocycles. The van der Waals surface area contributed by atoms with E-state index in [0.717, 1.165) is 23.0 Å². The fourth-order valence-electron chi connectivity index (χ4n) is 4.38. The number of rotatable bonds is 5. The van der Waals surface area contributed by atoms with Crippen molar-refractivity contribution in [3.8, 4) is 0 Å². The molecule has 0 saturated carbocycles. The summed E-state index contributed by atoms with van der Waals surface area (Å²) in [7, 11) is 0. The molecule has 1 N–H and O–H groups in total. The Morgan fingerprint density at radius 3 is 2.58 bits per heavy atom. The molecule has 0 aromatic heterocycles. The predicted molar refractivity (Wildman–Crippen MR) is 126 cm³/mol. The Kier molecular flexibility index (Phi) is 5.56. The minimum Gasteiger partial charge on any atom is -0.465 e. The lowest BCUT2D eigenvalue weighted by Crippen LogP contribution is -2.57. The number of hydrogen-bond acceptors (Lipinski definition) is 7. The van der Waals surface area contributed by atoms with E-state index in [9.17, 15) is 9.59 Å². The largest absolute Gasteiger partial charge is 0.465 e. The van der Waals surface area contributed by atoms with E-state index in [1.54, 1.807) is 6.92 Å². The average Bonchev–Trinajstić information content (AvgIpc) is 3.02. The molecule has 1 atom stereocenters. The number of carbonyl (C=O) groups excluding carboxylic acids is 2. The Morgan fingerprint density at radius 2 is 1.87 bits per heavy atom. The lowest BCUT2D eigenvalue weighted by Gasteiger charge is -2.45. The van der Waals surface area contributed by atoms with Crippen LogP contribution in [0.25, 0.3) is 0 Å². The van der Waals surface area contributed by atoms with Crippen LogP contribution in [0.5, 0.6) is 0 Å². The second kappa shape index (κ2) is 8.04. The van der Waals surface area contributed by atoms with E-state index in [1.807, 2.05) is 48.5 Å². The molecule has 0 spiro atoms. The minimum atomic E-state index is -0.404. The number of thioether (sulfide) groups is 1. The molecular formula is C24H27N3O3S. The topological polar surface area (TPSA) is 71.0 Å². The highest BCUT2D eigenvalue weighted by Crippen LogP contribution is 2.48. The highest BCUT2D eigenvalue weighted by molar-refractivity contribution is 8.14. The van der Waals surface area contributed by atoms with E-state index in [-0.39, 0.29) is 23.0 Å². The van der Waals surface area contributed by atoms with E-state index in [2.05, 4.69) is 31.0 Å². The number of nitrogens with zero attached hydrogens (tertiary/aromatic N) is 2. The van der Waals surface area contributed by atoms with Gasteiger partial charge >= 0.3 is 5.97 Å². The standard InChI is InChI=1S/C24H27N3O3S/c1-5-30-20(28)14-31-22-26-23(2,3)15-24(4)25-18-12-11-17(13-19(18)27(22)24)21(29)16-9-7-6-8-10-16/h6-13,25H,5,14-15H2,1-4H3. The molecule has 0 aliphatic carbocycles. The summed E-state index contributed by atoms with van der Waals surface area (Å²) < 4.78 is 5.10. The second-order valence-electron chi connectivity index (χ2n) is 8.64. The molecule has 31 heavy (non-hydrogen) atoms. The molecule has 0 saturated heterocycles. The smallest absolute Gasteiger partial charge is 0.316 e. The summed E-state index contributed by atoms with van der Waals surface area (Å²) in [5.41, 5.74) is 2.43. The number of benzene rings is 2. The van der Waals surface area contributed by atoms with Crippen LogP contribution >= 0.6 is 11.8 Å². The van der Waals surface area contributed by atoms with E-state index < -0.39 is 5.66 Å². The monoisotopic (exact) mass is 437 g/mol. The zero-order valence-electron chi connectivity index (χ0n) is 18.3. The summed E-state index contributed by atoms with van der Waals surface area (Å²) in [5, 5.41) is 4.37. The molecule has 6 nitrogen and oxygen atoms in total. The van der Waals surface area contributed by atoms with Crippen molar-refractivity contribution in [1.82, 2.24) is 0 Å². The summed E-state index contributed by atoms with van der Waals surface area (Å²) in [6.07, 6.45) is 0.778. The van der Waals surface area contributed by atoms with Crippen molar-refractivity contribution in [3.05, 3.63) is 59.7 Å². The quantitative estimate of drug-likeness (QED) is 0.540. The molecule has 4 rings (SSSR count). The van der Waals surface area contributed by atoms with Crippen LogP contribution in [-0.4, -0.2) is 40.5 Å². The number of hydrogen-bond donors (Lipinski definition) is 1. The SMILES string of the molecule is CCOC(=O)CSC1=NC(C)(C)CC2(C)Nc3ccc(C(=O)c4ccccc4)cc3N12. The number of anilines is 2. The Balaban J connectivity index is 1.70. The minimum absolute atomic E-state index is 0.0213. The number of nitrogens with one attached hydrogen (secondary N) is 1. The van der Waals surface area contributed by atoms with Gasteiger partial charge in [-0.1, -0.05) is 42.1 Å². The fourth-order valence-corrected chi connectivity index (χ4v) is 5.45. The van der Waals surface area contributed by atoms with Crippen LogP contribution in [0.2, 0.25) is 0 Å². The summed E-state index contributed by atoms with van der Waals surface area (Å²) in [5.74, 6) is -0.0968. The predicted octanol–water partition coefficient (Wildman–Crippen LogP) is 4.70. The zero-order valence-corrected chi connectivity index (χ0v) is 19.1. The van der Waals surface area contributed by atoms with Crippen molar-refractivity contribution in [3.63, 3.8) is 0 Å². The maximum Gasteiger partial charge on any atom is 0.316 e. The number of ether oxygens (including phenoxy) is 1. The summed E-state index contributed by atoms with van der Waals surface area (Å²) in [4.78, 5) is 32.1. The van der Waals surface area contributed by atoms with Crippen molar-refractivity contribution in [2.45, 2.75) is 45.3 Å². The molecule has 2 heterocycles. The third kappa shape index (κ3) is 4.19. The van der Waals surface area contributed by atoms with Gasteiger partial charge in [0.1, 0.15) is 5.66 Å². The zero-order chi connectivity index (χ0) is 22.2. The molecule has 7 heteroatoms. The van der Waals surface area contributed by atoms with Crippen LogP contribution in [0.1, 0.15) is 50.0 Å². The third-order valence-corrected chi connectivity index (χ3v) is 6.34. The van der Waals surface area contributed by atoms with E-state index in [1.165, 1.54) is 11.8 Å². The summed E-state index contributed by atoms with van der Waals surface area (Å²) in [6, 6.07) is 15.0. The number of aliphatic imine (C=N–C) groups is 1. The highest BCUT2D eigenvalue weighted by Gasteiger charge is 2.49. The van der Waals surface area contributed by atoms with Crippen LogP contribution in [0.4, 0.5) is 11.4 Å². The molecule has 0 amide bonds. The van der Waals surface area contributed by atoms with E-state index in [0.29, 0.717) is 17.7 Å². The molecule has 2 aromatic rings. The molecular weight excluding hydrogens is 410 g/mol. The van der Waals surface area contributed by atoms with Crippen molar-refractivity contribution in [1.29, 1.82) is 0 Å². The van der Waals surface area contributed by atoms with Gasteiger partial charge in [0.25, 0.3) is 0 Å². The summed E-state index contributed by atoms with van der Waals surface area (Å²) >= 11 is 1.37. The van der Waals surface area contributed by atoms with Gasteiger partial charge in [-0.05, 0) is 45.9 Å². The lowest BCUT2D eigenvalue weighted by molar-refractivity contribution is -0.139. The first-order valence-corrected chi connectivity index (χ1v) is 11.4. The molecule has 2 aliphatic heterocycles. The molecule has 2 aliphatic rings.